The van der Waals surface area contributed by atoms with E-state index in [9.17, 15) is 0 Å². The molecule has 0 atom stereocenters. The molecule has 0 radical (unpaired) electrons. The number of hydrogen-bond donors (Lipinski definition) is 0. The summed E-state index contributed by atoms with van der Waals surface area (Å²) in [6, 6.07) is 16.7. The Bertz CT molecular complexity index is 567. The van der Waals surface area contributed by atoms with Gasteiger partial charge in [0.15, 0.2) is 0 Å². The van der Waals surface area contributed by atoms with Crippen molar-refractivity contribution in [3.05, 3.63) is 71.8 Å². The minimum Gasteiger partial charge on any atom is -0.496 e. The standard InChI is InChI=1S/C18H20O/c1-5-14-10-9-13-16(17(14)19-4)18(2,3)15-11-7-6-8-12-15/h5-13H,1H2,2-4H3. The van der Waals surface area contributed by atoms with Gasteiger partial charge in [-0.25, -0.2) is 0 Å². The van der Waals surface area contributed by atoms with Gasteiger partial charge >= 0.3 is 0 Å². The Morgan fingerprint density at radius 2 is 1.68 bits per heavy atom. The molecule has 0 aliphatic carbocycles. The first kappa shape index (κ1) is 13.4. The Kier molecular flexibility index (Phi) is 3.75. The minimum absolute atomic E-state index is 0.106. The van der Waals surface area contributed by atoms with Crippen LogP contribution in [0.5, 0.6) is 5.75 Å². The zero-order valence-electron chi connectivity index (χ0n) is 11.8. The molecule has 0 saturated carbocycles. The molecule has 2 aromatic carbocycles. The van der Waals surface area contributed by atoms with Crippen LogP contribution < -0.4 is 4.74 Å². The molecule has 98 valence electrons. The number of benzene rings is 2. The molecular formula is C18H20O. The largest absolute Gasteiger partial charge is 0.496 e. The van der Waals surface area contributed by atoms with Gasteiger partial charge in [0.05, 0.1) is 7.11 Å². The molecule has 19 heavy (non-hydrogen) atoms. The van der Waals surface area contributed by atoms with Crippen LogP contribution in [-0.2, 0) is 5.41 Å². The van der Waals surface area contributed by atoms with Crippen LogP contribution in [-0.4, -0.2) is 7.11 Å². The lowest BCUT2D eigenvalue weighted by atomic mass is 9.77. The number of rotatable bonds is 4. The summed E-state index contributed by atoms with van der Waals surface area (Å²) >= 11 is 0. The molecule has 0 bridgehead atoms. The maximum Gasteiger partial charge on any atom is 0.130 e. The summed E-state index contributed by atoms with van der Waals surface area (Å²) in [4.78, 5) is 0. The normalized spacial score (nSPS) is 11.1. The first-order valence-electron chi connectivity index (χ1n) is 6.46. The molecule has 2 aromatic rings. The molecule has 0 amide bonds. The molecule has 0 heterocycles. The SMILES string of the molecule is C=Cc1cccc(C(C)(C)c2ccccc2)c1OC. The predicted molar refractivity (Wildman–Crippen MR) is 81.7 cm³/mol. The monoisotopic (exact) mass is 252 g/mol. The van der Waals surface area contributed by atoms with Crippen molar-refractivity contribution in [1.82, 2.24) is 0 Å². The summed E-state index contributed by atoms with van der Waals surface area (Å²) in [5.74, 6) is 0.909. The molecule has 0 unspecified atom stereocenters. The fraction of sp³-hybridized carbons (Fsp3) is 0.222. The molecule has 0 fully saturated rings. The molecule has 0 aliphatic rings. The molecule has 1 heteroatoms. The Hall–Kier alpha value is -2.02. The van der Waals surface area contributed by atoms with E-state index in [0.717, 1.165) is 11.3 Å². The van der Waals surface area contributed by atoms with Gasteiger partial charge in [0.25, 0.3) is 0 Å². The van der Waals surface area contributed by atoms with Crippen molar-refractivity contribution in [2.45, 2.75) is 19.3 Å². The topological polar surface area (TPSA) is 9.23 Å². The predicted octanol–water partition coefficient (Wildman–Crippen LogP) is 4.66. The van der Waals surface area contributed by atoms with Crippen molar-refractivity contribution in [3.8, 4) is 5.75 Å². The van der Waals surface area contributed by atoms with Crippen molar-refractivity contribution in [3.63, 3.8) is 0 Å². The highest BCUT2D eigenvalue weighted by Gasteiger charge is 2.27. The molecule has 1 nitrogen and oxygen atoms in total. The maximum atomic E-state index is 5.60. The lowest BCUT2D eigenvalue weighted by molar-refractivity contribution is 0.400. The Balaban J connectivity index is 2.61. The molecule has 0 aliphatic heterocycles. The van der Waals surface area contributed by atoms with Gasteiger partial charge in [-0.15, -0.1) is 0 Å². The van der Waals surface area contributed by atoms with Crippen LogP contribution in [0.15, 0.2) is 55.1 Å². The lowest BCUT2D eigenvalue weighted by Crippen LogP contribution is -2.20. The average molecular weight is 252 g/mol. The third kappa shape index (κ3) is 2.41. The molecule has 2 rings (SSSR count). The second-order valence-corrected chi connectivity index (χ2v) is 5.12. The van der Waals surface area contributed by atoms with Gasteiger partial charge in [-0.2, -0.15) is 0 Å². The summed E-state index contributed by atoms with van der Waals surface area (Å²) in [6.07, 6.45) is 1.84. The highest BCUT2D eigenvalue weighted by molar-refractivity contribution is 5.61. The van der Waals surface area contributed by atoms with Gasteiger partial charge in [0.1, 0.15) is 5.75 Å². The summed E-state index contributed by atoms with van der Waals surface area (Å²) in [5, 5.41) is 0. The van der Waals surface area contributed by atoms with Crippen LogP contribution in [0.3, 0.4) is 0 Å². The molecule has 0 spiro atoms. The Morgan fingerprint density at radius 3 is 2.26 bits per heavy atom. The highest BCUT2D eigenvalue weighted by atomic mass is 16.5. The summed E-state index contributed by atoms with van der Waals surface area (Å²) in [5.41, 5.74) is 3.38. The Morgan fingerprint density at radius 1 is 1.00 bits per heavy atom. The third-order valence-electron chi connectivity index (χ3n) is 3.64. The molecule has 0 N–H and O–H groups in total. The molecule has 0 aromatic heterocycles. The molecular weight excluding hydrogens is 232 g/mol. The van der Waals surface area contributed by atoms with Crippen molar-refractivity contribution < 1.29 is 4.74 Å². The fourth-order valence-corrected chi connectivity index (χ4v) is 2.45. The van der Waals surface area contributed by atoms with Crippen molar-refractivity contribution in [1.29, 1.82) is 0 Å². The highest BCUT2D eigenvalue weighted by Crippen LogP contribution is 2.39. The zero-order chi connectivity index (χ0) is 13.9. The number of methoxy groups -OCH3 is 1. The van der Waals surface area contributed by atoms with Crippen LogP contribution in [0.4, 0.5) is 0 Å². The van der Waals surface area contributed by atoms with E-state index in [0.29, 0.717) is 0 Å². The second-order valence-electron chi connectivity index (χ2n) is 5.12. The number of hydrogen-bond acceptors (Lipinski definition) is 1. The van der Waals surface area contributed by atoms with Crippen LogP contribution >= 0.6 is 0 Å². The summed E-state index contributed by atoms with van der Waals surface area (Å²) in [6.45, 7) is 8.29. The van der Waals surface area contributed by atoms with Crippen LogP contribution in [0.2, 0.25) is 0 Å². The first-order valence-corrected chi connectivity index (χ1v) is 6.46. The van der Waals surface area contributed by atoms with Crippen molar-refractivity contribution >= 4 is 6.08 Å². The van der Waals surface area contributed by atoms with Crippen LogP contribution in [0.1, 0.15) is 30.5 Å². The Labute approximate surface area is 115 Å². The smallest absolute Gasteiger partial charge is 0.130 e. The maximum absolute atomic E-state index is 5.60. The third-order valence-corrected chi connectivity index (χ3v) is 3.64. The van der Waals surface area contributed by atoms with Gasteiger partial charge in [0.2, 0.25) is 0 Å². The van der Waals surface area contributed by atoms with Gasteiger partial charge in [-0.3, -0.25) is 0 Å². The van der Waals surface area contributed by atoms with E-state index in [1.165, 1.54) is 11.1 Å². The van der Waals surface area contributed by atoms with E-state index >= 15 is 0 Å². The zero-order valence-corrected chi connectivity index (χ0v) is 11.8. The van der Waals surface area contributed by atoms with E-state index in [1.54, 1.807) is 7.11 Å². The minimum atomic E-state index is -0.106. The average Bonchev–Trinajstić information content (AvgIpc) is 2.47. The fourth-order valence-electron chi connectivity index (χ4n) is 2.45. The van der Waals surface area contributed by atoms with Crippen LogP contribution in [0.25, 0.3) is 6.08 Å². The summed E-state index contributed by atoms with van der Waals surface area (Å²) < 4.78 is 5.60. The quantitative estimate of drug-likeness (QED) is 0.768. The van der Waals surface area contributed by atoms with Crippen molar-refractivity contribution in [2.75, 3.05) is 7.11 Å². The van der Waals surface area contributed by atoms with E-state index in [2.05, 4.69) is 56.8 Å². The lowest BCUT2D eigenvalue weighted by Gasteiger charge is -2.28. The summed E-state index contributed by atoms with van der Waals surface area (Å²) in [7, 11) is 1.72. The van der Waals surface area contributed by atoms with E-state index in [1.807, 2.05) is 18.2 Å². The molecule has 0 saturated heterocycles. The van der Waals surface area contributed by atoms with Gasteiger partial charge in [0, 0.05) is 16.5 Å². The second kappa shape index (κ2) is 5.31. The van der Waals surface area contributed by atoms with Gasteiger partial charge in [-0.1, -0.05) is 75.0 Å². The first-order chi connectivity index (χ1) is 9.11. The van der Waals surface area contributed by atoms with Gasteiger partial charge < -0.3 is 4.74 Å². The van der Waals surface area contributed by atoms with E-state index < -0.39 is 0 Å². The van der Waals surface area contributed by atoms with E-state index in [4.69, 9.17) is 4.74 Å². The van der Waals surface area contributed by atoms with Crippen LogP contribution in [0, 0.1) is 0 Å². The van der Waals surface area contributed by atoms with Gasteiger partial charge in [-0.05, 0) is 5.56 Å². The van der Waals surface area contributed by atoms with Crippen molar-refractivity contribution in [2.24, 2.45) is 0 Å². The number of para-hydroxylation sites is 1. The number of ether oxygens (including phenoxy) is 1. The van der Waals surface area contributed by atoms with E-state index in [-0.39, 0.29) is 5.41 Å².